The SMILES string of the molecule is CN1CCC(OC(=O)CCOc2ccccc2N)C1=O. The zero-order valence-corrected chi connectivity index (χ0v) is 11.4. The van der Waals surface area contributed by atoms with Crippen molar-refractivity contribution >= 4 is 17.6 Å². The van der Waals surface area contributed by atoms with Crippen molar-refractivity contribution < 1.29 is 19.1 Å². The van der Waals surface area contributed by atoms with E-state index in [0.29, 0.717) is 24.4 Å². The second-order valence-corrected chi connectivity index (χ2v) is 4.66. The first kappa shape index (κ1) is 14.2. The Bertz CT molecular complexity index is 504. The molecule has 1 aromatic rings. The number of anilines is 1. The molecular weight excluding hydrogens is 260 g/mol. The molecule has 1 saturated heterocycles. The third kappa shape index (κ3) is 3.40. The van der Waals surface area contributed by atoms with Crippen LogP contribution in [0.25, 0.3) is 0 Å². The maximum Gasteiger partial charge on any atom is 0.310 e. The molecule has 0 aromatic heterocycles. The van der Waals surface area contributed by atoms with Crippen LogP contribution in [-0.2, 0) is 14.3 Å². The van der Waals surface area contributed by atoms with Gasteiger partial charge in [-0.2, -0.15) is 0 Å². The standard InChI is InChI=1S/C14H18N2O4/c1-16-8-6-12(14(16)18)20-13(17)7-9-19-11-5-3-2-4-10(11)15/h2-5,12H,6-9,15H2,1H3. The summed E-state index contributed by atoms with van der Waals surface area (Å²) in [5.41, 5.74) is 6.23. The Morgan fingerprint density at radius 1 is 1.45 bits per heavy atom. The van der Waals surface area contributed by atoms with Crippen LogP contribution in [-0.4, -0.2) is 43.1 Å². The number of ether oxygens (including phenoxy) is 2. The van der Waals surface area contributed by atoms with E-state index in [9.17, 15) is 9.59 Å². The average molecular weight is 278 g/mol. The highest BCUT2D eigenvalue weighted by Crippen LogP contribution is 2.20. The van der Waals surface area contributed by atoms with Crippen LogP contribution >= 0.6 is 0 Å². The highest BCUT2D eigenvalue weighted by Gasteiger charge is 2.32. The van der Waals surface area contributed by atoms with Gasteiger partial charge in [-0.25, -0.2) is 0 Å². The molecule has 1 atom stereocenters. The first-order valence-corrected chi connectivity index (χ1v) is 6.49. The van der Waals surface area contributed by atoms with Crippen molar-refractivity contribution in [3.8, 4) is 5.75 Å². The largest absolute Gasteiger partial charge is 0.491 e. The summed E-state index contributed by atoms with van der Waals surface area (Å²) in [5.74, 6) is -0.0447. The van der Waals surface area contributed by atoms with E-state index < -0.39 is 12.1 Å². The number of nitrogen functional groups attached to an aromatic ring is 1. The summed E-state index contributed by atoms with van der Waals surface area (Å²) in [7, 11) is 1.69. The molecule has 1 aliphatic heterocycles. The molecule has 1 fully saturated rings. The van der Waals surface area contributed by atoms with E-state index in [-0.39, 0.29) is 18.9 Å². The molecule has 0 aliphatic carbocycles. The molecule has 1 aromatic carbocycles. The summed E-state index contributed by atoms with van der Waals surface area (Å²) >= 11 is 0. The van der Waals surface area contributed by atoms with Crippen LogP contribution in [0.3, 0.4) is 0 Å². The summed E-state index contributed by atoms with van der Waals surface area (Å²) in [4.78, 5) is 24.8. The number of hydrogen-bond acceptors (Lipinski definition) is 5. The fourth-order valence-electron chi connectivity index (χ4n) is 1.97. The summed E-state index contributed by atoms with van der Waals surface area (Å²) in [6, 6.07) is 7.06. The Morgan fingerprint density at radius 3 is 2.85 bits per heavy atom. The fraction of sp³-hybridized carbons (Fsp3) is 0.429. The number of nitrogens with zero attached hydrogens (tertiary/aromatic N) is 1. The van der Waals surface area contributed by atoms with E-state index in [2.05, 4.69) is 0 Å². The zero-order valence-electron chi connectivity index (χ0n) is 11.4. The molecule has 1 heterocycles. The van der Waals surface area contributed by atoms with Gasteiger partial charge in [0.2, 0.25) is 0 Å². The fourth-order valence-corrected chi connectivity index (χ4v) is 1.97. The van der Waals surface area contributed by atoms with E-state index in [0.717, 1.165) is 0 Å². The lowest BCUT2D eigenvalue weighted by Gasteiger charge is -2.12. The molecule has 6 nitrogen and oxygen atoms in total. The predicted molar refractivity (Wildman–Crippen MR) is 73.1 cm³/mol. The molecule has 20 heavy (non-hydrogen) atoms. The van der Waals surface area contributed by atoms with Crippen molar-refractivity contribution in [3.63, 3.8) is 0 Å². The van der Waals surface area contributed by atoms with Gasteiger partial charge in [0, 0.05) is 20.0 Å². The van der Waals surface area contributed by atoms with Crippen molar-refractivity contribution in [2.45, 2.75) is 18.9 Å². The molecule has 108 valence electrons. The molecule has 0 bridgehead atoms. The van der Waals surface area contributed by atoms with E-state index in [4.69, 9.17) is 15.2 Å². The van der Waals surface area contributed by atoms with Gasteiger partial charge < -0.3 is 20.1 Å². The van der Waals surface area contributed by atoms with E-state index in [1.807, 2.05) is 0 Å². The highest BCUT2D eigenvalue weighted by atomic mass is 16.6. The van der Waals surface area contributed by atoms with Gasteiger partial charge in [-0.05, 0) is 12.1 Å². The molecule has 6 heteroatoms. The van der Waals surface area contributed by atoms with Crippen molar-refractivity contribution in [1.29, 1.82) is 0 Å². The number of nitrogens with two attached hydrogens (primary N) is 1. The van der Waals surface area contributed by atoms with E-state index in [1.54, 1.807) is 36.2 Å². The van der Waals surface area contributed by atoms with E-state index >= 15 is 0 Å². The lowest BCUT2D eigenvalue weighted by atomic mass is 10.3. The normalized spacial score (nSPS) is 18.1. The average Bonchev–Trinajstić information content (AvgIpc) is 2.73. The number of rotatable bonds is 5. The number of amides is 1. The second kappa shape index (κ2) is 6.27. The van der Waals surface area contributed by atoms with Gasteiger partial charge in [0.15, 0.2) is 6.10 Å². The number of likely N-dealkylation sites (tertiary alicyclic amines) is 1. The van der Waals surface area contributed by atoms with Gasteiger partial charge in [0.05, 0.1) is 18.7 Å². The van der Waals surface area contributed by atoms with Gasteiger partial charge in [-0.15, -0.1) is 0 Å². The minimum absolute atomic E-state index is 0.0851. The molecule has 0 saturated carbocycles. The quantitative estimate of drug-likeness (QED) is 0.636. The Morgan fingerprint density at radius 2 is 2.20 bits per heavy atom. The number of carbonyl (C=O) groups is 2. The first-order valence-electron chi connectivity index (χ1n) is 6.49. The van der Waals surface area contributed by atoms with Crippen LogP contribution in [0.1, 0.15) is 12.8 Å². The maximum atomic E-state index is 11.6. The molecule has 2 rings (SSSR count). The Hall–Kier alpha value is -2.24. The smallest absolute Gasteiger partial charge is 0.310 e. The number of carbonyl (C=O) groups excluding carboxylic acids is 2. The van der Waals surface area contributed by atoms with Crippen molar-refractivity contribution in [2.75, 3.05) is 25.9 Å². The van der Waals surface area contributed by atoms with Crippen LogP contribution in [0.5, 0.6) is 5.75 Å². The summed E-state index contributed by atoms with van der Waals surface area (Å²) < 4.78 is 10.5. The third-order valence-corrected chi connectivity index (χ3v) is 3.13. The monoisotopic (exact) mass is 278 g/mol. The number of likely N-dealkylation sites (N-methyl/N-ethyl adjacent to an activating group) is 1. The molecule has 1 amide bonds. The molecule has 1 unspecified atom stereocenters. The minimum Gasteiger partial charge on any atom is -0.491 e. The van der Waals surface area contributed by atoms with Crippen molar-refractivity contribution in [2.24, 2.45) is 0 Å². The van der Waals surface area contributed by atoms with Crippen LogP contribution in [0.4, 0.5) is 5.69 Å². The first-order chi connectivity index (χ1) is 9.58. The van der Waals surface area contributed by atoms with Crippen LogP contribution < -0.4 is 10.5 Å². The van der Waals surface area contributed by atoms with Crippen LogP contribution in [0.15, 0.2) is 24.3 Å². The lowest BCUT2D eigenvalue weighted by molar-refractivity contribution is -0.156. The highest BCUT2D eigenvalue weighted by molar-refractivity contribution is 5.85. The van der Waals surface area contributed by atoms with Gasteiger partial charge in [-0.1, -0.05) is 12.1 Å². The molecule has 1 aliphatic rings. The predicted octanol–water partition coefficient (Wildman–Crippen LogP) is 0.812. The summed E-state index contributed by atoms with van der Waals surface area (Å²) in [6.07, 6.45) is -0.00985. The van der Waals surface area contributed by atoms with Crippen LogP contribution in [0.2, 0.25) is 0 Å². The third-order valence-electron chi connectivity index (χ3n) is 3.13. The van der Waals surface area contributed by atoms with Gasteiger partial charge >= 0.3 is 5.97 Å². The topological polar surface area (TPSA) is 81.9 Å². The van der Waals surface area contributed by atoms with Gasteiger partial charge in [-0.3, -0.25) is 9.59 Å². The summed E-state index contributed by atoms with van der Waals surface area (Å²) in [5, 5.41) is 0. The Kier molecular flexibility index (Phi) is 4.45. The summed E-state index contributed by atoms with van der Waals surface area (Å²) in [6.45, 7) is 0.789. The van der Waals surface area contributed by atoms with Crippen molar-refractivity contribution in [3.05, 3.63) is 24.3 Å². The number of para-hydroxylation sites is 2. The van der Waals surface area contributed by atoms with Crippen LogP contribution in [0, 0.1) is 0 Å². The zero-order chi connectivity index (χ0) is 14.5. The van der Waals surface area contributed by atoms with Gasteiger partial charge in [0.1, 0.15) is 5.75 Å². The maximum absolute atomic E-state index is 11.6. The molecule has 0 radical (unpaired) electrons. The number of hydrogen-bond donors (Lipinski definition) is 1. The van der Waals surface area contributed by atoms with Crippen molar-refractivity contribution in [1.82, 2.24) is 4.90 Å². The van der Waals surface area contributed by atoms with Gasteiger partial charge in [0.25, 0.3) is 5.91 Å². The lowest BCUT2D eigenvalue weighted by Crippen LogP contribution is -2.29. The van der Waals surface area contributed by atoms with E-state index in [1.165, 1.54) is 0 Å². The molecule has 2 N–H and O–H groups in total. The molecule has 0 spiro atoms. The molecular formula is C14H18N2O4. The second-order valence-electron chi connectivity index (χ2n) is 4.66. The number of benzene rings is 1. The Balaban J connectivity index is 1.73. The minimum atomic E-state index is -0.644. The Labute approximate surface area is 117 Å². The number of esters is 1.